The largest absolute Gasteiger partial charge is 0.361 e. The molecule has 36 heavy (non-hydrogen) atoms. The van der Waals surface area contributed by atoms with Crippen molar-refractivity contribution < 1.29 is 24.0 Å². The van der Waals surface area contributed by atoms with E-state index in [1.807, 2.05) is 12.3 Å². The number of carbonyl (C=O) groups excluding carboxylic acids is 5. The summed E-state index contributed by atoms with van der Waals surface area (Å²) in [6.45, 7) is 2.51. The van der Waals surface area contributed by atoms with Crippen molar-refractivity contribution in [3.05, 3.63) is 64.8 Å². The first kappa shape index (κ1) is 23.3. The summed E-state index contributed by atoms with van der Waals surface area (Å²) in [5.74, 6) is -2.31. The maximum Gasteiger partial charge on any atom is 0.319 e. The minimum atomic E-state index is -1.03. The molecule has 6 amide bonds. The maximum atomic E-state index is 12.9. The number of fused-ring (bicyclic) bond motifs is 2. The van der Waals surface area contributed by atoms with Crippen LogP contribution in [-0.2, 0) is 22.4 Å². The van der Waals surface area contributed by atoms with Crippen molar-refractivity contribution in [2.24, 2.45) is 0 Å². The molecule has 1 unspecified atom stereocenters. The van der Waals surface area contributed by atoms with E-state index in [2.05, 4.69) is 40.0 Å². The van der Waals surface area contributed by atoms with Crippen LogP contribution in [0.3, 0.4) is 0 Å². The van der Waals surface area contributed by atoms with Crippen LogP contribution in [0.25, 0.3) is 10.9 Å². The summed E-state index contributed by atoms with van der Waals surface area (Å²) in [5, 5.41) is 8.80. The zero-order valence-electron chi connectivity index (χ0n) is 19.6. The van der Waals surface area contributed by atoms with Gasteiger partial charge in [-0.25, -0.2) is 4.79 Å². The highest BCUT2D eigenvalue weighted by Gasteiger charge is 2.44. The molecular formula is C26H25N5O5. The first-order valence-electron chi connectivity index (χ1n) is 11.9. The molecule has 0 spiro atoms. The number of nitrogens with one attached hydrogen (secondary N) is 4. The Kier molecular flexibility index (Phi) is 6.01. The van der Waals surface area contributed by atoms with Gasteiger partial charge in [-0.05, 0) is 48.6 Å². The number of aryl methyl sites for hydroxylation is 1. The van der Waals surface area contributed by atoms with E-state index in [1.54, 1.807) is 0 Å². The Bertz CT molecular complexity index is 1430. The molecule has 1 fully saturated rings. The molecule has 5 rings (SSSR count). The van der Waals surface area contributed by atoms with Gasteiger partial charge in [0.2, 0.25) is 11.8 Å². The molecule has 0 saturated carbocycles. The first-order valence-corrected chi connectivity index (χ1v) is 11.9. The Morgan fingerprint density at radius 2 is 1.86 bits per heavy atom. The van der Waals surface area contributed by atoms with E-state index < -0.39 is 35.7 Å². The van der Waals surface area contributed by atoms with Crippen LogP contribution in [0.2, 0.25) is 0 Å². The third-order valence-corrected chi connectivity index (χ3v) is 6.65. The highest BCUT2D eigenvalue weighted by Crippen LogP contribution is 2.29. The number of carbonyl (C=O) groups is 5. The average Bonchev–Trinajstić information content (AvgIpc) is 3.38. The number of aromatic nitrogens is 1. The minimum absolute atomic E-state index is 0.0507. The molecule has 2 aromatic carbocycles. The van der Waals surface area contributed by atoms with E-state index in [1.165, 1.54) is 23.8 Å². The molecule has 0 radical (unpaired) electrons. The second kappa shape index (κ2) is 9.29. The van der Waals surface area contributed by atoms with Crippen molar-refractivity contribution >= 4 is 46.3 Å². The number of para-hydroxylation sites is 1. The predicted molar refractivity (Wildman–Crippen MR) is 132 cm³/mol. The van der Waals surface area contributed by atoms with Gasteiger partial charge < -0.3 is 15.6 Å². The lowest BCUT2D eigenvalue weighted by molar-refractivity contribution is -0.136. The maximum absolute atomic E-state index is 12.9. The Labute approximate surface area is 206 Å². The van der Waals surface area contributed by atoms with Crippen molar-refractivity contribution in [1.29, 1.82) is 0 Å². The van der Waals surface area contributed by atoms with Gasteiger partial charge in [0.1, 0.15) is 6.04 Å². The number of imide groups is 2. The fourth-order valence-electron chi connectivity index (χ4n) is 4.81. The number of benzene rings is 2. The van der Waals surface area contributed by atoms with Crippen molar-refractivity contribution in [2.75, 3.05) is 11.9 Å². The highest BCUT2D eigenvalue weighted by atomic mass is 16.2. The van der Waals surface area contributed by atoms with Gasteiger partial charge in [-0.3, -0.25) is 29.4 Å². The lowest BCUT2D eigenvalue weighted by Gasteiger charge is -2.27. The summed E-state index contributed by atoms with van der Waals surface area (Å²) in [6, 6.07) is 9.11. The van der Waals surface area contributed by atoms with Crippen LogP contribution in [0.4, 0.5) is 10.5 Å². The Morgan fingerprint density at radius 1 is 1.06 bits per heavy atom. The van der Waals surface area contributed by atoms with E-state index in [0.717, 1.165) is 27.8 Å². The molecule has 3 aromatic rings. The lowest BCUT2D eigenvalue weighted by Crippen LogP contribution is -2.54. The summed E-state index contributed by atoms with van der Waals surface area (Å²) >= 11 is 0. The van der Waals surface area contributed by atoms with E-state index in [4.69, 9.17) is 0 Å². The summed E-state index contributed by atoms with van der Waals surface area (Å²) in [7, 11) is 0. The molecule has 2 aliphatic heterocycles. The second-order valence-electron chi connectivity index (χ2n) is 8.85. The SMILES string of the molecule is CCc1cccc2c(CCNC(=O)Nc3ccc4c(c3)C(=O)N(C3CCC(=O)NC3=O)C4=O)c[nH]c12. The topological polar surface area (TPSA) is 140 Å². The van der Waals surface area contributed by atoms with Crippen molar-refractivity contribution in [3.63, 3.8) is 0 Å². The zero-order valence-corrected chi connectivity index (χ0v) is 19.6. The van der Waals surface area contributed by atoms with Crippen LogP contribution in [0.5, 0.6) is 0 Å². The molecule has 1 aromatic heterocycles. The van der Waals surface area contributed by atoms with E-state index in [9.17, 15) is 24.0 Å². The fourth-order valence-corrected chi connectivity index (χ4v) is 4.81. The van der Waals surface area contributed by atoms with Crippen LogP contribution >= 0.6 is 0 Å². The number of hydrogen-bond donors (Lipinski definition) is 4. The van der Waals surface area contributed by atoms with Gasteiger partial charge in [0, 0.05) is 35.8 Å². The van der Waals surface area contributed by atoms with Crippen molar-refractivity contribution in [1.82, 2.24) is 20.5 Å². The fraction of sp³-hybridized carbons (Fsp3) is 0.269. The molecule has 10 nitrogen and oxygen atoms in total. The number of amides is 6. The van der Waals surface area contributed by atoms with E-state index >= 15 is 0 Å². The molecule has 10 heteroatoms. The van der Waals surface area contributed by atoms with Gasteiger partial charge in [0.25, 0.3) is 11.8 Å². The number of H-pyrrole nitrogens is 1. The van der Waals surface area contributed by atoms with Gasteiger partial charge in [-0.15, -0.1) is 0 Å². The molecule has 4 N–H and O–H groups in total. The quantitative estimate of drug-likeness (QED) is 0.396. The summed E-state index contributed by atoms with van der Waals surface area (Å²) in [4.78, 5) is 66.0. The van der Waals surface area contributed by atoms with E-state index in [0.29, 0.717) is 18.7 Å². The standard InChI is InChI=1S/C26H25N5O5/c1-2-14-4-3-5-17-15(13-28-22(14)17)10-11-27-26(36)29-16-6-7-18-19(12-16)25(35)31(24(18)34)20-8-9-21(32)30-23(20)33/h3-7,12-13,20,28H,2,8-11H2,1H3,(H2,27,29,36)(H,30,32,33). The third kappa shape index (κ3) is 4.10. The van der Waals surface area contributed by atoms with E-state index in [-0.39, 0.29) is 24.0 Å². The van der Waals surface area contributed by atoms with Gasteiger partial charge in [0.15, 0.2) is 0 Å². The van der Waals surface area contributed by atoms with Crippen LogP contribution in [0.15, 0.2) is 42.6 Å². The number of urea groups is 1. The number of piperidine rings is 1. The molecule has 0 bridgehead atoms. The van der Waals surface area contributed by atoms with Gasteiger partial charge in [-0.2, -0.15) is 0 Å². The van der Waals surface area contributed by atoms with Crippen LogP contribution in [-0.4, -0.2) is 52.1 Å². The van der Waals surface area contributed by atoms with Crippen molar-refractivity contribution in [2.45, 2.75) is 38.6 Å². The molecular weight excluding hydrogens is 462 g/mol. The molecule has 1 atom stereocenters. The normalized spacial score (nSPS) is 17.4. The summed E-state index contributed by atoms with van der Waals surface area (Å²) < 4.78 is 0. The smallest absolute Gasteiger partial charge is 0.319 e. The van der Waals surface area contributed by atoms with Gasteiger partial charge >= 0.3 is 6.03 Å². The van der Waals surface area contributed by atoms with Crippen LogP contribution < -0.4 is 16.0 Å². The third-order valence-electron chi connectivity index (χ3n) is 6.65. The number of anilines is 1. The molecule has 2 aliphatic rings. The summed E-state index contributed by atoms with van der Waals surface area (Å²) in [6.07, 6.45) is 3.66. The molecule has 3 heterocycles. The Morgan fingerprint density at radius 3 is 2.64 bits per heavy atom. The summed E-state index contributed by atoms with van der Waals surface area (Å²) in [5.41, 5.74) is 4.07. The number of hydrogen-bond acceptors (Lipinski definition) is 5. The lowest BCUT2D eigenvalue weighted by atomic mass is 10.0. The Hall–Kier alpha value is -4.47. The molecule has 1 saturated heterocycles. The zero-order chi connectivity index (χ0) is 25.4. The number of nitrogens with zero attached hydrogens (tertiary/aromatic N) is 1. The second-order valence-corrected chi connectivity index (χ2v) is 8.85. The Balaban J connectivity index is 1.21. The van der Waals surface area contributed by atoms with Gasteiger partial charge in [-0.1, -0.05) is 25.1 Å². The first-order chi connectivity index (χ1) is 17.4. The minimum Gasteiger partial charge on any atom is -0.361 e. The van der Waals surface area contributed by atoms with Crippen molar-refractivity contribution in [3.8, 4) is 0 Å². The predicted octanol–water partition coefficient (Wildman–Crippen LogP) is 2.50. The van der Waals surface area contributed by atoms with Crippen LogP contribution in [0.1, 0.15) is 51.6 Å². The van der Waals surface area contributed by atoms with Crippen LogP contribution in [0, 0.1) is 0 Å². The number of rotatable bonds is 6. The van der Waals surface area contributed by atoms with Gasteiger partial charge in [0.05, 0.1) is 11.1 Å². The molecule has 0 aliphatic carbocycles. The molecule has 184 valence electrons. The average molecular weight is 488 g/mol. The highest BCUT2D eigenvalue weighted by molar-refractivity contribution is 6.23. The number of aromatic amines is 1. The monoisotopic (exact) mass is 487 g/mol.